The van der Waals surface area contributed by atoms with Gasteiger partial charge in [-0.05, 0) is 55.3 Å². The summed E-state index contributed by atoms with van der Waals surface area (Å²) < 4.78 is 29.4. The van der Waals surface area contributed by atoms with Crippen molar-refractivity contribution in [3.05, 3.63) is 64.7 Å². The number of aromatic nitrogens is 2. The third-order valence-corrected chi connectivity index (χ3v) is 10.0. The molecular formula is C33H31F2N7O3S. The Labute approximate surface area is 268 Å². The number of halogens is 2. The van der Waals surface area contributed by atoms with Gasteiger partial charge in [-0.2, -0.15) is 5.26 Å². The van der Waals surface area contributed by atoms with Crippen molar-refractivity contribution >= 4 is 50.6 Å². The van der Waals surface area contributed by atoms with E-state index in [9.17, 15) is 19.2 Å². The number of anilines is 3. The molecular weight excluding hydrogens is 612 g/mol. The van der Waals surface area contributed by atoms with E-state index in [0.717, 1.165) is 24.2 Å². The summed E-state index contributed by atoms with van der Waals surface area (Å²) in [5.41, 5.74) is 3.65. The first-order valence-corrected chi connectivity index (χ1v) is 16.0. The molecule has 13 heteroatoms. The van der Waals surface area contributed by atoms with Crippen molar-refractivity contribution < 1.29 is 23.5 Å². The lowest BCUT2D eigenvalue weighted by Crippen LogP contribution is -2.57. The fraction of sp³-hybridized carbons (Fsp3) is 0.364. The zero-order chi connectivity index (χ0) is 32.1. The van der Waals surface area contributed by atoms with E-state index in [-0.39, 0.29) is 42.8 Å². The molecule has 2 aromatic heterocycles. The van der Waals surface area contributed by atoms with Crippen LogP contribution in [0.5, 0.6) is 0 Å². The van der Waals surface area contributed by atoms with Crippen LogP contribution in [0.4, 0.5) is 25.3 Å². The minimum Gasteiger partial charge on any atom is -0.481 e. The van der Waals surface area contributed by atoms with Crippen LogP contribution in [0.2, 0.25) is 0 Å². The molecule has 0 unspecified atom stereocenters. The lowest BCUT2D eigenvalue weighted by Gasteiger charge is -2.40. The fourth-order valence-corrected chi connectivity index (χ4v) is 6.91. The van der Waals surface area contributed by atoms with Crippen LogP contribution in [0.25, 0.3) is 22.2 Å². The summed E-state index contributed by atoms with van der Waals surface area (Å²) in [7, 11) is 1.84. The third kappa shape index (κ3) is 5.74. The molecule has 0 atom stereocenters. The minimum atomic E-state index is -0.873. The van der Waals surface area contributed by atoms with E-state index in [1.165, 1.54) is 29.5 Å². The Morgan fingerprint density at radius 3 is 2.43 bits per heavy atom. The molecule has 0 radical (unpaired) electrons. The number of nitriles is 1. The smallest absolute Gasteiger partial charge is 0.310 e. The lowest BCUT2D eigenvalue weighted by molar-refractivity contribution is -0.153. The second-order valence-corrected chi connectivity index (χ2v) is 13.1. The summed E-state index contributed by atoms with van der Waals surface area (Å²) >= 11 is 1.22. The van der Waals surface area contributed by atoms with Gasteiger partial charge in [0, 0.05) is 74.6 Å². The number of amides is 1. The van der Waals surface area contributed by atoms with Crippen LogP contribution in [-0.4, -0.2) is 89.6 Å². The summed E-state index contributed by atoms with van der Waals surface area (Å²) in [4.78, 5) is 41.2. The van der Waals surface area contributed by atoms with Gasteiger partial charge in [0.1, 0.15) is 28.0 Å². The van der Waals surface area contributed by atoms with E-state index in [1.807, 2.05) is 29.0 Å². The van der Waals surface area contributed by atoms with Gasteiger partial charge < -0.3 is 19.8 Å². The average Bonchev–Trinajstić information content (AvgIpc) is 3.78. The van der Waals surface area contributed by atoms with E-state index < -0.39 is 17.7 Å². The van der Waals surface area contributed by atoms with Crippen LogP contribution in [0, 0.1) is 28.9 Å². The Kier molecular flexibility index (Phi) is 7.78. The second kappa shape index (κ2) is 11.9. The molecule has 46 heavy (non-hydrogen) atoms. The first kappa shape index (κ1) is 30.0. The predicted octanol–water partition coefficient (Wildman–Crippen LogP) is 4.82. The van der Waals surface area contributed by atoms with Crippen molar-refractivity contribution in [3.8, 4) is 17.3 Å². The summed E-state index contributed by atoms with van der Waals surface area (Å²) in [6.45, 7) is 3.13. The SMILES string of the molecule is CN(c1nc(-c2ccc(F)cc2)c(C#N)s1)c1cc(C2CC2)nc2c(F)cc(N3CCN(CC(=O)N4CC(C(=O)O)C4)CC3)cc12. The van der Waals surface area contributed by atoms with Crippen molar-refractivity contribution in [2.75, 3.05) is 62.7 Å². The highest BCUT2D eigenvalue weighted by molar-refractivity contribution is 7.16. The number of benzene rings is 2. The van der Waals surface area contributed by atoms with Crippen LogP contribution in [0.15, 0.2) is 42.5 Å². The molecule has 0 spiro atoms. The van der Waals surface area contributed by atoms with Crippen LogP contribution in [0.3, 0.4) is 0 Å². The zero-order valence-corrected chi connectivity index (χ0v) is 25.9. The van der Waals surface area contributed by atoms with Gasteiger partial charge in [0.05, 0.1) is 18.2 Å². The molecule has 4 heterocycles. The number of thiazole rings is 1. The molecule has 1 N–H and O–H groups in total. The van der Waals surface area contributed by atoms with Gasteiger partial charge in [-0.15, -0.1) is 0 Å². The highest BCUT2D eigenvalue weighted by Crippen LogP contribution is 2.44. The molecule has 10 nitrogen and oxygen atoms in total. The molecule has 236 valence electrons. The number of carbonyl (C=O) groups excluding carboxylic acids is 1. The molecule has 1 saturated carbocycles. The Morgan fingerprint density at radius 2 is 1.78 bits per heavy atom. The number of hydrogen-bond acceptors (Lipinski definition) is 9. The van der Waals surface area contributed by atoms with E-state index in [2.05, 4.69) is 11.0 Å². The molecule has 7 rings (SSSR count). The molecule has 4 aromatic rings. The highest BCUT2D eigenvalue weighted by atomic mass is 32.1. The largest absolute Gasteiger partial charge is 0.481 e. The number of carbonyl (C=O) groups is 2. The monoisotopic (exact) mass is 643 g/mol. The summed E-state index contributed by atoms with van der Waals surface area (Å²) in [6.07, 6.45) is 1.99. The molecule has 2 saturated heterocycles. The van der Waals surface area contributed by atoms with E-state index in [0.29, 0.717) is 58.5 Å². The topological polar surface area (TPSA) is 117 Å². The Hall–Kier alpha value is -4.67. The standard InChI is InChI=1S/C33H31F2N7O3S/c1-39(33-38-30(28(15-36)46-33)20-4-6-22(34)7-5-20)27-14-26(19-2-3-19)37-31-24(27)12-23(13-25(31)35)41-10-8-40(9-11-41)18-29(43)42-16-21(17-42)32(44)45/h4-7,12-14,19,21H,2-3,8-11,16-18H2,1H3,(H,44,45). The highest BCUT2D eigenvalue weighted by Gasteiger charge is 2.36. The molecule has 3 aliphatic rings. The quantitative estimate of drug-likeness (QED) is 0.289. The Morgan fingerprint density at radius 1 is 1.07 bits per heavy atom. The first-order valence-electron chi connectivity index (χ1n) is 15.2. The molecule has 3 fully saturated rings. The normalized spacial score (nSPS) is 17.2. The van der Waals surface area contributed by atoms with Gasteiger partial charge in [0.15, 0.2) is 10.9 Å². The minimum absolute atomic E-state index is 0.0720. The van der Waals surface area contributed by atoms with Crippen molar-refractivity contribution in [3.63, 3.8) is 0 Å². The van der Waals surface area contributed by atoms with Crippen LogP contribution >= 0.6 is 11.3 Å². The Bertz CT molecular complexity index is 1870. The van der Waals surface area contributed by atoms with E-state index >= 15 is 4.39 Å². The van der Waals surface area contributed by atoms with Gasteiger partial charge in [0.2, 0.25) is 5.91 Å². The lowest BCUT2D eigenvalue weighted by atomic mass is 10.0. The third-order valence-electron chi connectivity index (χ3n) is 9.01. The van der Waals surface area contributed by atoms with Gasteiger partial charge in [-0.25, -0.2) is 18.7 Å². The summed E-state index contributed by atoms with van der Waals surface area (Å²) in [5.74, 6) is -1.95. The molecule has 0 bridgehead atoms. The average molecular weight is 644 g/mol. The molecule has 1 amide bonds. The van der Waals surface area contributed by atoms with Crippen molar-refractivity contribution in [1.82, 2.24) is 19.8 Å². The number of likely N-dealkylation sites (tertiary alicyclic amines) is 1. The summed E-state index contributed by atoms with van der Waals surface area (Å²) in [5, 5.41) is 20.1. The van der Waals surface area contributed by atoms with Crippen LogP contribution < -0.4 is 9.80 Å². The number of nitrogens with zero attached hydrogens (tertiary/aromatic N) is 7. The summed E-state index contributed by atoms with van der Waals surface area (Å²) in [6, 6.07) is 13.5. The number of carboxylic acid groups (broad SMARTS) is 1. The number of aliphatic carboxylic acids is 1. The predicted molar refractivity (Wildman–Crippen MR) is 170 cm³/mol. The maximum absolute atomic E-state index is 15.9. The zero-order valence-electron chi connectivity index (χ0n) is 25.1. The molecule has 2 aliphatic heterocycles. The van der Waals surface area contributed by atoms with Gasteiger partial charge in [-0.3, -0.25) is 14.5 Å². The number of fused-ring (bicyclic) bond motifs is 1. The first-order chi connectivity index (χ1) is 22.2. The maximum Gasteiger partial charge on any atom is 0.310 e. The number of carboxylic acids is 1. The van der Waals surface area contributed by atoms with Crippen LogP contribution in [-0.2, 0) is 9.59 Å². The van der Waals surface area contributed by atoms with Gasteiger partial charge >= 0.3 is 5.97 Å². The van der Waals surface area contributed by atoms with E-state index in [4.69, 9.17) is 15.1 Å². The maximum atomic E-state index is 15.9. The van der Waals surface area contributed by atoms with Crippen molar-refractivity contribution in [1.29, 1.82) is 5.26 Å². The van der Waals surface area contributed by atoms with Gasteiger partial charge in [-0.1, -0.05) is 11.3 Å². The van der Waals surface area contributed by atoms with E-state index in [1.54, 1.807) is 17.0 Å². The van der Waals surface area contributed by atoms with Crippen molar-refractivity contribution in [2.24, 2.45) is 5.92 Å². The number of pyridine rings is 1. The number of piperazine rings is 1. The Balaban J connectivity index is 1.15. The number of rotatable bonds is 8. The van der Waals surface area contributed by atoms with Gasteiger partial charge in [0.25, 0.3) is 0 Å². The number of hydrogen-bond donors (Lipinski definition) is 1. The molecule has 2 aromatic carbocycles. The molecule has 1 aliphatic carbocycles. The fourth-order valence-electron chi connectivity index (χ4n) is 6.05. The second-order valence-electron chi connectivity index (χ2n) is 12.1. The van der Waals surface area contributed by atoms with Crippen molar-refractivity contribution in [2.45, 2.75) is 18.8 Å². The van der Waals surface area contributed by atoms with Crippen LogP contribution in [0.1, 0.15) is 29.3 Å².